The second kappa shape index (κ2) is 3.78. The summed E-state index contributed by atoms with van der Waals surface area (Å²) in [6, 6.07) is 3.66. The Morgan fingerprint density at radius 3 is 2.76 bits per heavy atom. The maximum Gasteiger partial charge on any atom is 0.344 e. The number of carbonyl (C=O) groups excluding carboxylic acids is 2. The SMILES string of the molecule is COC(=O)C1=c2ccc([N+](=O)[O-])cc2=NC1=O. The van der Waals surface area contributed by atoms with E-state index in [0.717, 1.165) is 13.2 Å². The van der Waals surface area contributed by atoms with E-state index < -0.39 is 16.8 Å². The molecule has 0 radical (unpaired) electrons. The van der Waals surface area contributed by atoms with Crippen LogP contribution >= 0.6 is 0 Å². The second-order valence-corrected chi connectivity index (χ2v) is 3.24. The number of nitro groups is 1. The van der Waals surface area contributed by atoms with Crippen molar-refractivity contribution in [2.45, 2.75) is 0 Å². The Morgan fingerprint density at radius 1 is 1.47 bits per heavy atom. The summed E-state index contributed by atoms with van der Waals surface area (Å²) in [4.78, 5) is 36.3. The Kier molecular flexibility index (Phi) is 2.43. The van der Waals surface area contributed by atoms with Gasteiger partial charge in [0, 0.05) is 17.4 Å². The van der Waals surface area contributed by atoms with Gasteiger partial charge in [-0.1, -0.05) is 0 Å². The van der Waals surface area contributed by atoms with Gasteiger partial charge in [-0.3, -0.25) is 14.9 Å². The largest absolute Gasteiger partial charge is 0.465 e. The summed E-state index contributed by atoms with van der Waals surface area (Å²) >= 11 is 0. The van der Waals surface area contributed by atoms with Gasteiger partial charge >= 0.3 is 5.97 Å². The zero-order valence-corrected chi connectivity index (χ0v) is 8.67. The van der Waals surface area contributed by atoms with Crippen LogP contribution in [0.5, 0.6) is 0 Å². The number of carbonyl (C=O) groups is 2. The number of non-ortho nitro benzene ring substituents is 1. The number of benzene rings is 1. The molecule has 7 heteroatoms. The fourth-order valence-corrected chi connectivity index (χ4v) is 1.52. The van der Waals surface area contributed by atoms with E-state index in [1.807, 2.05) is 0 Å². The van der Waals surface area contributed by atoms with Crippen molar-refractivity contribution in [3.8, 4) is 0 Å². The lowest BCUT2D eigenvalue weighted by molar-refractivity contribution is -0.385. The summed E-state index contributed by atoms with van der Waals surface area (Å²) in [5.41, 5.74) is -0.385. The Hall–Kier alpha value is -2.57. The van der Waals surface area contributed by atoms with E-state index in [2.05, 4.69) is 9.73 Å². The maximum atomic E-state index is 11.4. The Bertz CT molecular complexity index is 662. The van der Waals surface area contributed by atoms with Gasteiger partial charge < -0.3 is 4.74 Å². The molecule has 0 N–H and O–H groups in total. The number of esters is 1. The number of rotatable bonds is 2. The van der Waals surface area contributed by atoms with Gasteiger partial charge in [0.15, 0.2) is 0 Å². The number of fused-ring (bicyclic) bond motifs is 1. The fourth-order valence-electron chi connectivity index (χ4n) is 1.52. The van der Waals surface area contributed by atoms with Crippen LogP contribution in [-0.4, -0.2) is 23.9 Å². The summed E-state index contributed by atoms with van der Waals surface area (Å²) in [5, 5.41) is 10.9. The topological polar surface area (TPSA) is 98.9 Å². The molecule has 1 aromatic rings. The third-order valence-corrected chi connectivity index (χ3v) is 2.29. The van der Waals surface area contributed by atoms with Gasteiger partial charge in [0.05, 0.1) is 17.4 Å². The van der Waals surface area contributed by atoms with Gasteiger partial charge in [-0.05, 0) is 6.07 Å². The Balaban J connectivity index is 2.73. The first-order chi connectivity index (χ1) is 8.04. The molecule has 0 aromatic heterocycles. The maximum absolute atomic E-state index is 11.4. The van der Waals surface area contributed by atoms with E-state index >= 15 is 0 Å². The molecule has 1 amide bonds. The molecule has 0 aliphatic carbocycles. The van der Waals surface area contributed by atoms with Gasteiger partial charge in [-0.2, -0.15) is 0 Å². The van der Waals surface area contributed by atoms with Crippen LogP contribution in [0.3, 0.4) is 0 Å². The standard InChI is InChI=1S/C10H6N2O5/c1-17-10(14)8-6-3-2-5(12(15)16)4-7(6)11-9(8)13/h2-4H,1H3. The van der Waals surface area contributed by atoms with Crippen LogP contribution < -0.4 is 10.6 Å². The van der Waals surface area contributed by atoms with Crippen LogP contribution in [0.25, 0.3) is 5.57 Å². The highest BCUT2D eigenvalue weighted by atomic mass is 16.6. The number of hydrogen-bond donors (Lipinski definition) is 0. The van der Waals surface area contributed by atoms with E-state index in [0.29, 0.717) is 0 Å². The average molecular weight is 234 g/mol. The van der Waals surface area contributed by atoms with E-state index in [9.17, 15) is 19.7 Å². The van der Waals surface area contributed by atoms with Gasteiger partial charge in [0.2, 0.25) is 0 Å². The quantitative estimate of drug-likeness (QED) is 0.374. The highest BCUT2D eigenvalue weighted by Crippen LogP contribution is 2.08. The lowest BCUT2D eigenvalue weighted by atomic mass is 10.2. The monoisotopic (exact) mass is 234 g/mol. The normalized spacial score (nSPS) is 13.0. The van der Waals surface area contributed by atoms with E-state index in [4.69, 9.17) is 0 Å². The van der Waals surface area contributed by atoms with Crippen molar-refractivity contribution in [3.63, 3.8) is 0 Å². The van der Waals surface area contributed by atoms with Crippen LogP contribution in [0, 0.1) is 10.1 Å². The van der Waals surface area contributed by atoms with E-state index in [1.54, 1.807) is 0 Å². The smallest absolute Gasteiger partial charge is 0.344 e. The van der Waals surface area contributed by atoms with Gasteiger partial charge in [0.25, 0.3) is 11.6 Å². The number of nitro benzene ring substituents is 1. The molecule has 86 valence electrons. The summed E-state index contributed by atoms with van der Waals surface area (Å²) in [6.45, 7) is 0. The summed E-state index contributed by atoms with van der Waals surface area (Å²) in [7, 11) is 1.14. The lowest BCUT2D eigenvalue weighted by Crippen LogP contribution is -2.26. The Labute approximate surface area is 94.2 Å². The zero-order chi connectivity index (χ0) is 12.6. The highest BCUT2D eigenvalue weighted by molar-refractivity contribution is 6.39. The number of amides is 1. The molecule has 0 fully saturated rings. The van der Waals surface area contributed by atoms with Crippen molar-refractivity contribution in [1.29, 1.82) is 0 Å². The van der Waals surface area contributed by atoms with Crippen LogP contribution in [0.15, 0.2) is 23.2 Å². The number of ether oxygens (including phenoxy) is 1. The first-order valence-electron chi connectivity index (χ1n) is 4.54. The second-order valence-electron chi connectivity index (χ2n) is 3.24. The molecule has 17 heavy (non-hydrogen) atoms. The molecule has 7 nitrogen and oxygen atoms in total. The predicted molar refractivity (Wildman–Crippen MR) is 54.3 cm³/mol. The van der Waals surface area contributed by atoms with Gasteiger partial charge in [0.1, 0.15) is 5.57 Å². The minimum Gasteiger partial charge on any atom is -0.465 e. The lowest BCUT2D eigenvalue weighted by Gasteiger charge is -1.95. The Morgan fingerprint density at radius 2 is 2.18 bits per heavy atom. The van der Waals surface area contributed by atoms with Crippen molar-refractivity contribution in [2.24, 2.45) is 4.99 Å². The first-order valence-corrected chi connectivity index (χ1v) is 4.54. The molecule has 0 spiro atoms. The minimum absolute atomic E-state index is 0.115. The number of nitrogens with zero attached hydrogens (tertiary/aromatic N) is 2. The van der Waals surface area contributed by atoms with E-state index in [-0.39, 0.29) is 21.8 Å². The minimum atomic E-state index is -0.800. The van der Waals surface area contributed by atoms with Crippen molar-refractivity contribution in [3.05, 3.63) is 38.9 Å². The molecule has 0 atom stereocenters. The third-order valence-electron chi connectivity index (χ3n) is 2.29. The van der Waals surface area contributed by atoms with Crippen LogP contribution in [-0.2, 0) is 14.3 Å². The molecule has 0 saturated heterocycles. The third kappa shape index (κ3) is 1.67. The fraction of sp³-hybridized carbons (Fsp3) is 0.100. The highest BCUT2D eigenvalue weighted by Gasteiger charge is 2.25. The van der Waals surface area contributed by atoms with Crippen LogP contribution in [0.1, 0.15) is 0 Å². The molecular formula is C10H6N2O5. The van der Waals surface area contributed by atoms with Crippen molar-refractivity contribution >= 4 is 23.1 Å². The number of hydrogen-bond acceptors (Lipinski definition) is 5. The molecule has 2 rings (SSSR count). The number of methoxy groups -OCH3 is 1. The summed E-state index contributed by atoms with van der Waals surface area (Å²) < 4.78 is 4.45. The molecule has 0 bridgehead atoms. The summed E-state index contributed by atoms with van der Waals surface area (Å²) in [6.07, 6.45) is 0. The summed E-state index contributed by atoms with van der Waals surface area (Å²) in [5.74, 6) is -1.54. The van der Waals surface area contributed by atoms with Crippen molar-refractivity contribution < 1.29 is 19.2 Å². The molecule has 1 heterocycles. The molecule has 1 aliphatic rings. The van der Waals surface area contributed by atoms with Gasteiger partial charge in [-0.25, -0.2) is 9.79 Å². The first kappa shape index (κ1) is 10.9. The van der Waals surface area contributed by atoms with Crippen molar-refractivity contribution in [1.82, 2.24) is 0 Å². The predicted octanol–water partition coefficient (Wildman–Crippen LogP) is -0.922. The molecular weight excluding hydrogens is 228 g/mol. The van der Waals surface area contributed by atoms with Gasteiger partial charge in [-0.15, -0.1) is 0 Å². The molecule has 1 aliphatic heterocycles. The molecule has 0 unspecified atom stereocenters. The zero-order valence-electron chi connectivity index (χ0n) is 8.67. The van der Waals surface area contributed by atoms with Crippen LogP contribution in [0.4, 0.5) is 5.69 Å². The van der Waals surface area contributed by atoms with Crippen LogP contribution in [0.2, 0.25) is 0 Å². The molecule has 0 saturated carbocycles. The van der Waals surface area contributed by atoms with Crippen molar-refractivity contribution in [2.75, 3.05) is 7.11 Å². The van der Waals surface area contributed by atoms with E-state index in [1.165, 1.54) is 12.1 Å². The average Bonchev–Trinajstić information content (AvgIpc) is 2.62. The molecule has 1 aromatic carbocycles.